The molecule has 0 radical (unpaired) electrons. The predicted octanol–water partition coefficient (Wildman–Crippen LogP) is 4.07. The molecular weight excluding hydrogens is 336 g/mol. The van der Waals surface area contributed by atoms with E-state index in [-0.39, 0.29) is 11.6 Å². The zero-order valence-corrected chi connectivity index (χ0v) is 15.9. The average molecular weight is 362 g/mol. The number of benzene rings is 1. The monoisotopic (exact) mass is 362 g/mol. The fourth-order valence-electron chi connectivity index (χ4n) is 3.70. The van der Waals surface area contributed by atoms with Crippen LogP contribution in [0.3, 0.4) is 0 Å². The van der Waals surface area contributed by atoms with Crippen LogP contribution in [0.4, 0.5) is 0 Å². The molecule has 0 aromatic heterocycles. The van der Waals surface area contributed by atoms with E-state index < -0.39 is 5.60 Å². The average Bonchev–Trinajstić information content (AvgIpc) is 3.47. The predicted molar refractivity (Wildman–Crippen MR) is 98.3 cm³/mol. The van der Waals surface area contributed by atoms with Crippen molar-refractivity contribution in [2.45, 2.75) is 62.6 Å². The van der Waals surface area contributed by atoms with Gasteiger partial charge >= 0.3 is 5.97 Å². The molecule has 1 aromatic carbocycles. The van der Waals surface area contributed by atoms with Crippen molar-refractivity contribution in [3.8, 4) is 5.75 Å². The van der Waals surface area contributed by atoms with Gasteiger partial charge in [0.25, 0.3) is 0 Å². The first-order valence-electron chi connectivity index (χ1n) is 9.11. The summed E-state index contributed by atoms with van der Waals surface area (Å²) in [5, 5.41) is 0.637. The Morgan fingerprint density at radius 1 is 1.36 bits per heavy atom. The van der Waals surface area contributed by atoms with Crippen LogP contribution in [0.5, 0.6) is 5.75 Å². The van der Waals surface area contributed by atoms with E-state index in [1.807, 2.05) is 37.7 Å². The Kier molecular flexibility index (Phi) is 4.27. The van der Waals surface area contributed by atoms with Crippen LogP contribution in [0.2, 0.25) is 0 Å². The van der Waals surface area contributed by atoms with Crippen LogP contribution in [-0.4, -0.2) is 40.9 Å². The zero-order chi connectivity index (χ0) is 17.7. The Bertz CT molecular complexity index is 652. The summed E-state index contributed by atoms with van der Waals surface area (Å²) in [6, 6.07) is 7.27. The van der Waals surface area contributed by atoms with E-state index in [0.717, 1.165) is 31.6 Å². The Morgan fingerprint density at radius 3 is 2.72 bits per heavy atom. The fraction of sp³-hybridized carbons (Fsp3) is 0.650. The molecule has 2 aliphatic heterocycles. The molecule has 4 rings (SSSR count). The molecular formula is C20H26O4S. The molecule has 136 valence electrons. The molecule has 0 amide bonds. The minimum atomic E-state index is -0.483. The van der Waals surface area contributed by atoms with Crippen molar-refractivity contribution in [1.82, 2.24) is 0 Å². The van der Waals surface area contributed by atoms with Gasteiger partial charge in [-0.15, -0.1) is 0 Å². The highest BCUT2D eigenvalue weighted by molar-refractivity contribution is 8.06. The van der Waals surface area contributed by atoms with Crippen molar-refractivity contribution < 1.29 is 19.0 Å². The molecule has 4 unspecified atom stereocenters. The molecule has 2 saturated heterocycles. The van der Waals surface area contributed by atoms with Gasteiger partial charge in [0.05, 0.1) is 17.3 Å². The molecule has 4 nitrogen and oxygen atoms in total. The van der Waals surface area contributed by atoms with Crippen molar-refractivity contribution in [2.24, 2.45) is 5.92 Å². The van der Waals surface area contributed by atoms with Crippen molar-refractivity contribution >= 4 is 17.7 Å². The van der Waals surface area contributed by atoms with Gasteiger partial charge in [-0.3, -0.25) is 0 Å². The molecule has 25 heavy (non-hydrogen) atoms. The second-order valence-electron chi connectivity index (χ2n) is 8.17. The highest BCUT2D eigenvalue weighted by Crippen LogP contribution is 2.52. The van der Waals surface area contributed by atoms with Crippen molar-refractivity contribution in [2.75, 3.05) is 12.4 Å². The van der Waals surface area contributed by atoms with Gasteiger partial charge in [-0.2, -0.15) is 11.8 Å². The first-order valence-corrected chi connectivity index (χ1v) is 10.2. The number of hydrogen-bond acceptors (Lipinski definition) is 5. The van der Waals surface area contributed by atoms with Crippen molar-refractivity contribution in [1.29, 1.82) is 0 Å². The minimum absolute atomic E-state index is 0.0887. The fourth-order valence-corrected chi connectivity index (χ4v) is 4.10. The summed E-state index contributed by atoms with van der Waals surface area (Å²) < 4.78 is 17.4. The van der Waals surface area contributed by atoms with E-state index in [1.54, 1.807) is 12.1 Å². The molecule has 0 spiro atoms. The second kappa shape index (κ2) is 6.20. The van der Waals surface area contributed by atoms with E-state index in [0.29, 0.717) is 22.8 Å². The summed E-state index contributed by atoms with van der Waals surface area (Å²) in [6.45, 7) is 6.96. The van der Waals surface area contributed by atoms with E-state index in [2.05, 4.69) is 6.92 Å². The Labute approximate surface area is 153 Å². The van der Waals surface area contributed by atoms with E-state index >= 15 is 0 Å². The van der Waals surface area contributed by atoms with Crippen LogP contribution in [0.25, 0.3) is 0 Å². The van der Waals surface area contributed by atoms with Gasteiger partial charge in [-0.05, 0) is 64.3 Å². The van der Waals surface area contributed by atoms with Crippen LogP contribution >= 0.6 is 11.8 Å². The van der Waals surface area contributed by atoms with Gasteiger partial charge in [0.15, 0.2) is 0 Å². The number of ether oxygens (including phenoxy) is 3. The maximum absolute atomic E-state index is 12.5. The SMILES string of the molecule is CC(C)(OC(=O)c1ccc(OCC2CS2)cc1)C1CCC2(C)OC2C1. The second-order valence-corrected chi connectivity index (χ2v) is 9.51. The molecule has 3 fully saturated rings. The summed E-state index contributed by atoms with van der Waals surface area (Å²) >= 11 is 1.91. The number of esters is 1. The maximum atomic E-state index is 12.5. The van der Waals surface area contributed by atoms with Crippen molar-refractivity contribution in [3.05, 3.63) is 29.8 Å². The normalized spacial score (nSPS) is 33.3. The molecule has 1 saturated carbocycles. The summed E-state index contributed by atoms with van der Waals surface area (Å²) in [7, 11) is 0. The minimum Gasteiger partial charge on any atom is -0.492 e. The number of thioether (sulfide) groups is 1. The van der Waals surface area contributed by atoms with Crippen LogP contribution in [-0.2, 0) is 9.47 Å². The number of epoxide rings is 1. The molecule has 1 aromatic rings. The van der Waals surface area contributed by atoms with Gasteiger partial charge < -0.3 is 14.2 Å². The van der Waals surface area contributed by atoms with Gasteiger partial charge in [0.1, 0.15) is 18.0 Å². The molecule has 1 aliphatic carbocycles. The summed E-state index contributed by atoms with van der Waals surface area (Å²) in [5.74, 6) is 2.07. The topological polar surface area (TPSA) is 48.1 Å². The zero-order valence-electron chi connectivity index (χ0n) is 15.1. The quantitative estimate of drug-likeness (QED) is 0.564. The highest BCUT2D eigenvalue weighted by atomic mass is 32.2. The smallest absolute Gasteiger partial charge is 0.338 e. The standard InChI is InChI=1S/C20H26O4S/c1-19(2,14-8-9-20(3)17(10-14)23-20)24-18(21)13-4-6-15(7-5-13)22-11-16-12-25-16/h4-7,14,16-17H,8-12H2,1-3H3. The first-order chi connectivity index (χ1) is 11.9. The molecule has 0 N–H and O–H groups in total. The lowest BCUT2D eigenvalue weighted by Crippen LogP contribution is -2.40. The first kappa shape index (κ1) is 17.2. The van der Waals surface area contributed by atoms with Gasteiger partial charge in [-0.1, -0.05) is 0 Å². The van der Waals surface area contributed by atoms with E-state index in [4.69, 9.17) is 14.2 Å². The van der Waals surface area contributed by atoms with Crippen LogP contribution < -0.4 is 4.74 Å². The number of hydrogen-bond donors (Lipinski definition) is 0. The van der Waals surface area contributed by atoms with E-state index in [9.17, 15) is 4.79 Å². The Morgan fingerprint density at radius 2 is 2.08 bits per heavy atom. The lowest BCUT2D eigenvalue weighted by atomic mass is 9.75. The molecule has 3 aliphatic rings. The summed E-state index contributed by atoms with van der Waals surface area (Å²) in [6.07, 6.45) is 3.40. The summed E-state index contributed by atoms with van der Waals surface area (Å²) in [4.78, 5) is 12.5. The third-order valence-electron chi connectivity index (χ3n) is 5.79. The molecule has 0 bridgehead atoms. The molecule has 5 heteroatoms. The third kappa shape index (κ3) is 3.82. The lowest BCUT2D eigenvalue weighted by molar-refractivity contribution is -0.0378. The Balaban J connectivity index is 1.33. The number of carbonyl (C=O) groups is 1. The largest absolute Gasteiger partial charge is 0.492 e. The lowest BCUT2D eigenvalue weighted by Gasteiger charge is -2.36. The highest BCUT2D eigenvalue weighted by Gasteiger charge is 2.57. The van der Waals surface area contributed by atoms with Gasteiger partial charge in [0, 0.05) is 16.9 Å². The number of carbonyl (C=O) groups excluding carboxylic acids is 1. The van der Waals surface area contributed by atoms with E-state index in [1.165, 1.54) is 5.75 Å². The number of rotatable bonds is 6. The maximum Gasteiger partial charge on any atom is 0.338 e. The van der Waals surface area contributed by atoms with Gasteiger partial charge in [-0.25, -0.2) is 4.79 Å². The molecule has 2 heterocycles. The van der Waals surface area contributed by atoms with Gasteiger partial charge in [0.2, 0.25) is 0 Å². The van der Waals surface area contributed by atoms with Crippen LogP contribution in [0.15, 0.2) is 24.3 Å². The van der Waals surface area contributed by atoms with Crippen molar-refractivity contribution in [3.63, 3.8) is 0 Å². The van der Waals surface area contributed by atoms with Crippen LogP contribution in [0, 0.1) is 5.92 Å². The van der Waals surface area contributed by atoms with Crippen LogP contribution in [0.1, 0.15) is 50.4 Å². The molecule has 4 atom stereocenters. The summed E-state index contributed by atoms with van der Waals surface area (Å²) in [5.41, 5.74) is 0.179. The Hall–Kier alpha value is -1.20. The third-order valence-corrected chi connectivity index (χ3v) is 6.73. The number of fused-ring (bicyclic) bond motifs is 1.